The molecule has 4 nitrogen and oxygen atoms in total. The summed E-state index contributed by atoms with van der Waals surface area (Å²) in [6.07, 6.45) is 0. The molecule has 0 saturated heterocycles. The fourth-order valence-electron chi connectivity index (χ4n) is 2.48. The minimum atomic E-state index is -3.88. The molecule has 0 aliphatic rings. The van der Waals surface area contributed by atoms with Crippen molar-refractivity contribution in [2.75, 3.05) is 0 Å². The number of hydrogen-bond donors (Lipinski definition) is 0. The summed E-state index contributed by atoms with van der Waals surface area (Å²) in [5.41, 5.74) is 2.58. The predicted molar refractivity (Wildman–Crippen MR) is 101 cm³/mol. The summed E-state index contributed by atoms with van der Waals surface area (Å²) in [6.45, 7) is 4.04. The van der Waals surface area contributed by atoms with Gasteiger partial charge >= 0.3 is 10.1 Å². The number of ether oxygens (including phenoxy) is 1. The van der Waals surface area contributed by atoms with Crippen molar-refractivity contribution < 1.29 is 17.3 Å². The Hall–Kier alpha value is -2.79. The van der Waals surface area contributed by atoms with Gasteiger partial charge in [-0.1, -0.05) is 42.5 Å². The Morgan fingerprint density at radius 3 is 2.15 bits per heavy atom. The van der Waals surface area contributed by atoms with Gasteiger partial charge in [0.25, 0.3) is 0 Å². The lowest BCUT2D eigenvalue weighted by atomic mass is 10.2. The van der Waals surface area contributed by atoms with Crippen molar-refractivity contribution in [1.82, 2.24) is 0 Å². The topological polar surface area (TPSA) is 52.6 Å². The molecule has 134 valence electrons. The van der Waals surface area contributed by atoms with Crippen LogP contribution >= 0.6 is 0 Å². The second kappa shape index (κ2) is 7.62. The normalized spacial score (nSPS) is 11.2. The van der Waals surface area contributed by atoms with E-state index in [4.69, 9.17) is 8.92 Å². The summed E-state index contributed by atoms with van der Waals surface area (Å²) in [5, 5.41) is 0. The molecule has 0 bridgehead atoms. The van der Waals surface area contributed by atoms with Gasteiger partial charge in [0.1, 0.15) is 23.0 Å². The van der Waals surface area contributed by atoms with E-state index >= 15 is 0 Å². The lowest BCUT2D eigenvalue weighted by Gasteiger charge is -2.11. The monoisotopic (exact) mass is 368 g/mol. The highest BCUT2D eigenvalue weighted by molar-refractivity contribution is 7.87. The van der Waals surface area contributed by atoms with E-state index < -0.39 is 10.1 Å². The molecule has 0 unspecified atom stereocenters. The van der Waals surface area contributed by atoms with E-state index in [1.54, 1.807) is 43.3 Å². The molecular formula is C21H20O4S. The van der Waals surface area contributed by atoms with Crippen molar-refractivity contribution in [2.45, 2.75) is 25.3 Å². The van der Waals surface area contributed by atoms with Gasteiger partial charge in [-0.05, 0) is 60.9 Å². The van der Waals surface area contributed by atoms with Gasteiger partial charge in [-0.3, -0.25) is 0 Å². The third-order valence-electron chi connectivity index (χ3n) is 3.89. The molecule has 0 aliphatic carbocycles. The van der Waals surface area contributed by atoms with E-state index in [9.17, 15) is 8.42 Å². The van der Waals surface area contributed by atoms with E-state index in [0.29, 0.717) is 17.9 Å². The molecule has 0 atom stereocenters. The summed E-state index contributed by atoms with van der Waals surface area (Å²) in [5.74, 6) is 0.892. The maximum absolute atomic E-state index is 12.5. The minimum absolute atomic E-state index is 0.182. The Balaban J connectivity index is 1.69. The first-order valence-corrected chi connectivity index (χ1v) is 9.63. The molecule has 3 aromatic carbocycles. The van der Waals surface area contributed by atoms with Crippen LogP contribution in [0.5, 0.6) is 11.5 Å². The summed E-state index contributed by atoms with van der Waals surface area (Å²) >= 11 is 0. The number of hydrogen-bond acceptors (Lipinski definition) is 4. The summed E-state index contributed by atoms with van der Waals surface area (Å²) in [6, 6.07) is 21.6. The van der Waals surface area contributed by atoms with Crippen LogP contribution in [0.2, 0.25) is 0 Å². The van der Waals surface area contributed by atoms with Crippen LogP contribution in [0.15, 0.2) is 77.7 Å². The van der Waals surface area contributed by atoms with Crippen LogP contribution in [0.4, 0.5) is 0 Å². The van der Waals surface area contributed by atoms with Crippen molar-refractivity contribution in [1.29, 1.82) is 0 Å². The maximum atomic E-state index is 12.5. The molecule has 0 saturated carbocycles. The van der Waals surface area contributed by atoms with E-state index in [2.05, 4.69) is 0 Å². The Labute approximate surface area is 154 Å². The molecular weight excluding hydrogens is 348 g/mol. The van der Waals surface area contributed by atoms with Crippen LogP contribution in [0.1, 0.15) is 16.7 Å². The third kappa shape index (κ3) is 4.43. The van der Waals surface area contributed by atoms with Crippen molar-refractivity contribution in [3.8, 4) is 11.5 Å². The van der Waals surface area contributed by atoms with Crippen LogP contribution in [-0.4, -0.2) is 8.42 Å². The second-order valence-corrected chi connectivity index (χ2v) is 7.57. The molecule has 0 radical (unpaired) electrons. The lowest BCUT2D eigenvalue weighted by molar-refractivity contribution is 0.306. The van der Waals surface area contributed by atoms with E-state index in [0.717, 1.165) is 11.1 Å². The fourth-order valence-corrected chi connectivity index (χ4v) is 3.73. The highest BCUT2D eigenvalue weighted by Gasteiger charge is 2.19. The SMILES string of the molecule is Cc1ccc(C)c(S(=O)(=O)Oc2ccc(OCc3ccccc3)cc2)c1. The van der Waals surface area contributed by atoms with Gasteiger partial charge in [-0.15, -0.1) is 0 Å². The molecule has 0 spiro atoms. The highest BCUT2D eigenvalue weighted by Crippen LogP contribution is 2.24. The largest absolute Gasteiger partial charge is 0.489 e. The van der Waals surface area contributed by atoms with Crippen molar-refractivity contribution in [3.63, 3.8) is 0 Å². The Bertz CT molecular complexity index is 978. The van der Waals surface area contributed by atoms with E-state index in [1.807, 2.05) is 43.3 Å². The average molecular weight is 368 g/mol. The van der Waals surface area contributed by atoms with Gasteiger partial charge in [0.05, 0.1) is 0 Å². The minimum Gasteiger partial charge on any atom is -0.489 e. The molecule has 26 heavy (non-hydrogen) atoms. The molecule has 0 fully saturated rings. The zero-order chi connectivity index (χ0) is 18.6. The fraction of sp³-hybridized carbons (Fsp3) is 0.143. The Morgan fingerprint density at radius 1 is 0.808 bits per heavy atom. The van der Waals surface area contributed by atoms with Crippen LogP contribution in [0.3, 0.4) is 0 Å². The van der Waals surface area contributed by atoms with Gasteiger partial charge in [0, 0.05) is 0 Å². The van der Waals surface area contributed by atoms with E-state index in [-0.39, 0.29) is 10.6 Å². The summed E-state index contributed by atoms with van der Waals surface area (Å²) in [4.78, 5) is 0.182. The van der Waals surface area contributed by atoms with Gasteiger partial charge in [0.15, 0.2) is 0 Å². The zero-order valence-corrected chi connectivity index (χ0v) is 15.5. The van der Waals surface area contributed by atoms with Gasteiger partial charge < -0.3 is 8.92 Å². The number of aryl methyl sites for hydroxylation is 2. The van der Waals surface area contributed by atoms with Gasteiger partial charge in [-0.2, -0.15) is 8.42 Å². The van der Waals surface area contributed by atoms with Crippen molar-refractivity contribution >= 4 is 10.1 Å². The first-order valence-electron chi connectivity index (χ1n) is 8.22. The van der Waals surface area contributed by atoms with Crippen molar-refractivity contribution in [3.05, 3.63) is 89.5 Å². The number of rotatable bonds is 6. The molecule has 3 aromatic rings. The smallest absolute Gasteiger partial charge is 0.339 e. The highest BCUT2D eigenvalue weighted by atomic mass is 32.2. The molecule has 5 heteroatoms. The molecule has 0 heterocycles. The third-order valence-corrected chi connectivity index (χ3v) is 5.28. The summed E-state index contributed by atoms with van der Waals surface area (Å²) < 4.78 is 36.0. The standard InChI is InChI=1S/C21H20O4S/c1-16-8-9-17(2)21(14-16)26(22,23)25-20-12-10-19(11-13-20)24-15-18-6-4-3-5-7-18/h3-14H,15H2,1-2H3. The van der Waals surface area contributed by atoms with Crippen LogP contribution in [0, 0.1) is 13.8 Å². The maximum Gasteiger partial charge on any atom is 0.339 e. The first-order chi connectivity index (χ1) is 12.4. The lowest BCUT2D eigenvalue weighted by Crippen LogP contribution is -2.11. The van der Waals surface area contributed by atoms with Gasteiger partial charge in [0.2, 0.25) is 0 Å². The van der Waals surface area contributed by atoms with E-state index in [1.165, 1.54) is 0 Å². The second-order valence-electron chi connectivity index (χ2n) is 6.05. The Kier molecular flexibility index (Phi) is 5.28. The average Bonchev–Trinajstić information content (AvgIpc) is 2.64. The molecule has 0 N–H and O–H groups in total. The van der Waals surface area contributed by atoms with Crippen LogP contribution < -0.4 is 8.92 Å². The molecule has 0 aromatic heterocycles. The predicted octanol–water partition coefficient (Wildman–Crippen LogP) is 4.65. The number of benzene rings is 3. The molecule has 0 amide bonds. The van der Waals surface area contributed by atoms with Gasteiger partial charge in [-0.25, -0.2) is 0 Å². The zero-order valence-electron chi connectivity index (χ0n) is 14.7. The van der Waals surface area contributed by atoms with Crippen LogP contribution in [-0.2, 0) is 16.7 Å². The quantitative estimate of drug-likeness (QED) is 0.594. The Morgan fingerprint density at radius 2 is 1.46 bits per heavy atom. The first kappa shape index (κ1) is 18.0. The summed E-state index contributed by atoms with van der Waals surface area (Å²) in [7, 11) is -3.88. The molecule has 0 aliphatic heterocycles. The van der Waals surface area contributed by atoms with Crippen molar-refractivity contribution in [2.24, 2.45) is 0 Å². The molecule has 3 rings (SSSR count). The van der Waals surface area contributed by atoms with Crippen LogP contribution in [0.25, 0.3) is 0 Å².